The summed E-state index contributed by atoms with van der Waals surface area (Å²) in [6, 6.07) is -0.855. The van der Waals surface area contributed by atoms with E-state index in [1.807, 2.05) is 21.1 Å². The number of rotatable bonds is 24. The van der Waals surface area contributed by atoms with Crippen LogP contribution in [0.5, 0.6) is 0 Å². The molecule has 0 aliphatic carbocycles. The van der Waals surface area contributed by atoms with E-state index in [0.29, 0.717) is 36.0 Å². The number of aliphatic hydroxyl groups excluding tert-OH is 1. The van der Waals surface area contributed by atoms with Gasteiger partial charge in [0.1, 0.15) is 18.9 Å². The van der Waals surface area contributed by atoms with Gasteiger partial charge in [-0.1, -0.05) is 63.7 Å². The standard InChI is InChI=1S/C25H49N2O8P.BH4PS/c1-6-16-24(28)23(21-34-36(31,32)33-20-19-27(3,4)5)26-25(29)18-15-13-11-9-7-8-10-12-14-17-22(2)35-30;2-1-3/h6,16,23-24,28H,2,7-15,17-21H2,1,3-5H3,(H2-,26,29,30,31,32);1,3H,2H2/b16-6+;/t23-,24+;/m0./s1/i28T;1D. The number of nitrogens with one attached hydrogen (secondary N) is 1. The van der Waals surface area contributed by atoms with Crippen LogP contribution in [-0.2, 0) is 23.3 Å². The molecule has 0 saturated heterocycles. The molecule has 0 bridgehead atoms. The van der Waals surface area contributed by atoms with Gasteiger partial charge >= 0.3 is 0 Å². The Morgan fingerprint density at radius 3 is 2.18 bits per heavy atom. The summed E-state index contributed by atoms with van der Waals surface area (Å²) in [6.45, 7) is 5.37. The van der Waals surface area contributed by atoms with Crippen molar-refractivity contribution in [3.05, 3.63) is 24.5 Å². The Balaban J connectivity index is 0. The number of thiol groups is 1. The van der Waals surface area contributed by atoms with Crippen molar-refractivity contribution in [2.75, 3.05) is 40.9 Å². The highest BCUT2D eigenvalue weighted by Gasteiger charge is 2.22. The number of allylic oxidation sites excluding steroid dienone is 2. The largest absolute Gasteiger partial charge is 0.756 e. The van der Waals surface area contributed by atoms with Crippen molar-refractivity contribution in [3.8, 4) is 0 Å². The monoisotopic (exact) mass is 617 g/mol. The van der Waals surface area contributed by atoms with Gasteiger partial charge in [0.25, 0.3) is 7.82 Å². The molecule has 0 radical (unpaired) electrons. The Bertz CT molecular complexity index is 765. The van der Waals surface area contributed by atoms with Gasteiger partial charge in [0.15, 0.2) is 0 Å². The summed E-state index contributed by atoms with van der Waals surface area (Å²) >= 11 is 3.60. The highest BCUT2D eigenvalue weighted by atomic mass is 32.1. The zero-order valence-corrected chi connectivity index (χ0v) is 27.2. The summed E-state index contributed by atoms with van der Waals surface area (Å²) in [7, 11) is 3.36. The Morgan fingerprint density at radius 1 is 1.21 bits per heavy atom. The SMILES string of the molecule is [2H]B(P)S.[3H]O[C@H](/C=C/C)[C@H](COP(=O)([O-])OCC[N+](C)(C)C)NC(=O)CCCCCCCCCCCC(=C)OO. The number of likely N-dealkylation sites (N-methyl/N-ethyl adjacent to an activating group) is 1. The average molecular weight is 618 g/mol. The molecule has 1 amide bonds. The van der Waals surface area contributed by atoms with Crippen LogP contribution in [0.15, 0.2) is 24.5 Å². The zero-order chi connectivity index (χ0) is 31.7. The van der Waals surface area contributed by atoms with Gasteiger partial charge in [-0.25, -0.2) is 17.7 Å². The number of phosphoric acid groups is 1. The molecule has 0 aromatic carbocycles. The molecule has 0 spiro atoms. The van der Waals surface area contributed by atoms with E-state index < -0.39 is 26.6 Å². The minimum absolute atomic E-state index is 0.0231. The summed E-state index contributed by atoms with van der Waals surface area (Å²) in [5.74, 6) is 0.151. The van der Waals surface area contributed by atoms with Gasteiger partial charge in [-0.2, -0.15) is 9.12 Å². The van der Waals surface area contributed by atoms with Crippen molar-refractivity contribution < 1.29 is 43.0 Å². The van der Waals surface area contributed by atoms with Crippen LogP contribution in [0.2, 0.25) is 0 Å². The lowest BCUT2D eigenvalue weighted by Gasteiger charge is -2.29. The van der Waals surface area contributed by atoms with E-state index in [-0.39, 0.29) is 18.8 Å². The summed E-state index contributed by atoms with van der Waals surface area (Å²) < 4.78 is 36.3. The third kappa shape index (κ3) is 28.9. The molecule has 0 aromatic rings. The van der Waals surface area contributed by atoms with Crippen LogP contribution in [0.4, 0.5) is 0 Å². The third-order valence-electron chi connectivity index (χ3n) is 5.54. The van der Waals surface area contributed by atoms with Crippen molar-refractivity contribution in [1.82, 2.24) is 5.32 Å². The lowest BCUT2D eigenvalue weighted by molar-refractivity contribution is -0.870. The molecule has 0 saturated carbocycles. The molecular formula is C25H53BN2O8P2S. The highest BCUT2D eigenvalue weighted by Crippen LogP contribution is 2.38. The van der Waals surface area contributed by atoms with E-state index in [4.69, 9.17) is 17.1 Å². The molecule has 0 aliphatic rings. The van der Waals surface area contributed by atoms with Gasteiger partial charge in [0.05, 0.1) is 39.9 Å². The normalized spacial score (nSPS) is 15.3. The number of nitrogens with zero attached hydrogens (tertiary/aromatic N) is 1. The number of unbranched alkanes of at least 4 members (excludes halogenated alkanes) is 8. The van der Waals surface area contributed by atoms with Crippen molar-refractivity contribution in [2.45, 2.75) is 89.7 Å². The van der Waals surface area contributed by atoms with Gasteiger partial charge in [0, 0.05) is 12.8 Å². The molecule has 0 fully saturated rings. The number of hydrogen-bond donors (Lipinski definition) is 4. The Morgan fingerprint density at radius 2 is 1.72 bits per heavy atom. The quantitative estimate of drug-likeness (QED) is 0.0147. The molecule has 0 heterocycles. The van der Waals surface area contributed by atoms with Crippen molar-refractivity contribution in [1.29, 1.82) is 2.77 Å². The number of phosphoric ester groups is 1. The second-order valence-electron chi connectivity index (χ2n) is 10.2. The van der Waals surface area contributed by atoms with Crippen molar-refractivity contribution in [3.63, 3.8) is 0 Å². The number of carbonyl (C=O) groups is 1. The number of aliphatic hydroxyl groups is 1. The van der Waals surface area contributed by atoms with E-state index in [0.717, 1.165) is 51.4 Å². The third-order valence-corrected chi connectivity index (χ3v) is 6.50. The predicted octanol–water partition coefficient (Wildman–Crippen LogP) is 3.97. The number of hydrogen-bond acceptors (Lipinski definition) is 9. The van der Waals surface area contributed by atoms with Crippen LogP contribution in [0.25, 0.3) is 0 Å². The molecule has 14 heteroatoms. The topological polar surface area (TPSA) is 137 Å². The van der Waals surface area contributed by atoms with Crippen LogP contribution >= 0.6 is 29.4 Å². The van der Waals surface area contributed by atoms with Gasteiger partial charge in [-0.15, -0.1) is 0 Å². The molecular weight excluding hydrogens is 561 g/mol. The Hall–Kier alpha value is -0.415. The minimum atomic E-state index is -4.57. The summed E-state index contributed by atoms with van der Waals surface area (Å²) in [4.78, 5) is 28.7. The average Bonchev–Trinajstić information content (AvgIpc) is 2.87. The van der Waals surface area contributed by atoms with Gasteiger partial charge in [-0.3, -0.25) is 9.36 Å². The maximum atomic E-state index is 12.5. The van der Waals surface area contributed by atoms with Crippen LogP contribution in [0.3, 0.4) is 0 Å². The summed E-state index contributed by atoms with van der Waals surface area (Å²) in [5, 5.41) is 15.9. The van der Waals surface area contributed by atoms with Gasteiger partial charge < -0.3 is 33.7 Å². The first-order valence-electron chi connectivity index (χ1n) is 14.5. The fourth-order valence-corrected chi connectivity index (χ4v) is 4.07. The van der Waals surface area contributed by atoms with E-state index in [1.165, 1.54) is 0 Å². The Labute approximate surface area is 247 Å². The number of quaternary nitrogens is 1. The number of carbonyl (C=O) groups excluding carboxylic acids is 1. The molecule has 4 atom stereocenters. The van der Waals surface area contributed by atoms with Crippen LogP contribution < -0.4 is 10.2 Å². The fourth-order valence-electron chi connectivity index (χ4n) is 3.35. The van der Waals surface area contributed by atoms with E-state index >= 15 is 0 Å². The van der Waals surface area contributed by atoms with Gasteiger partial charge in [-0.05, 0) is 21.1 Å². The van der Waals surface area contributed by atoms with E-state index in [9.17, 15) is 14.3 Å². The Kier molecular flexibility index (Phi) is 23.8. The van der Waals surface area contributed by atoms with Gasteiger partial charge in [0.2, 0.25) is 13.6 Å². The molecule has 0 aromatic heterocycles. The van der Waals surface area contributed by atoms with Crippen molar-refractivity contribution in [2.24, 2.45) is 0 Å². The second-order valence-corrected chi connectivity index (χ2v) is 12.8. The van der Waals surface area contributed by atoms with Crippen LogP contribution in [-0.4, -0.2) is 82.8 Å². The van der Waals surface area contributed by atoms with E-state index in [1.54, 1.807) is 19.1 Å². The highest BCUT2D eigenvalue weighted by molar-refractivity contribution is 8.20. The fraction of sp³-hybridized carbons (Fsp3) is 0.800. The first-order chi connectivity index (χ1) is 19.2. The van der Waals surface area contributed by atoms with Crippen molar-refractivity contribution >= 4 is 41.6 Å². The smallest absolute Gasteiger partial charge is 0.268 e. The molecule has 230 valence electrons. The summed E-state index contributed by atoms with van der Waals surface area (Å²) in [6.07, 6.45) is 12.3. The predicted molar refractivity (Wildman–Crippen MR) is 165 cm³/mol. The van der Waals surface area contributed by atoms with Crippen LogP contribution in [0, 0.1) is 0 Å². The maximum absolute atomic E-state index is 12.5. The lowest BCUT2D eigenvalue weighted by Crippen LogP contribution is -2.45. The molecule has 39 heavy (non-hydrogen) atoms. The minimum Gasteiger partial charge on any atom is -0.756 e. The lowest BCUT2D eigenvalue weighted by atomic mass is 10.1. The molecule has 3 N–H and O–H groups in total. The molecule has 0 aliphatic heterocycles. The molecule has 0 rings (SSSR count). The molecule has 10 nitrogen and oxygen atoms in total. The number of amides is 1. The first-order valence-corrected chi connectivity index (χ1v) is 16.1. The van der Waals surface area contributed by atoms with Crippen LogP contribution in [0.1, 0.15) is 77.6 Å². The first kappa shape index (κ1) is 36.6. The maximum Gasteiger partial charge on any atom is 0.268 e. The summed E-state index contributed by atoms with van der Waals surface area (Å²) in [5.41, 5.74) is 0. The van der Waals surface area contributed by atoms with E-state index in [2.05, 4.69) is 43.5 Å². The second kappa shape index (κ2) is 25.3. The molecule has 2 unspecified atom stereocenters. The zero-order valence-electron chi connectivity index (χ0n) is 26.2.